The molecule has 2 atom stereocenters. The predicted octanol–water partition coefficient (Wildman–Crippen LogP) is -0.148. The largest absolute Gasteiger partial charge is 0.497 e. The van der Waals surface area contributed by atoms with Crippen LogP contribution in [0.15, 0.2) is 24.3 Å². The first-order valence-corrected chi connectivity index (χ1v) is 10.8. The van der Waals surface area contributed by atoms with Crippen LogP contribution < -0.4 is 15.4 Å². The minimum Gasteiger partial charge on any atom is -0.497 e. The van der Waals surface area contributed by atoms with E-state index >= 15 is 0 Å². The number of carbonyl (C=O) groups is 3. The maximum Gasteiger partial charge on any atom is 0.324 e. The minimum atomic E-state index is -3.10. The van der Waals surface area contributed by atoms with Crippen LogP contribution in [0.2, 0.25) is 0 Å². The van der Waals surface area contributed by atoms with Crippen LogP contribution >= 0.6 is 0 Å². The van der Waals surface area contributed by atoms with E-state index in [2.05, 4.69) is 10.6 Å². The number of sulfone groups is 1. The zero-order chi connectivity index (χ0) is 20.3. The third-order valence-corrected chi connectivity index (χ3v) is 6.65. The Balaban J connectivity index is 1.50. The summed E-state index contributed by atoms with van der Waals surface area (Å²) in [6.07, 6.45) is 0.648. The number of hydrogen-bond donors (Lipinski definition) is 2. The van der Waals surface area contributed by atoms with Crippen molar-refractivity contribution in [1.29, 1.82) is 0 Å². The molecule has 0 spiro atoms. The zero-order valence-electron chi connectivity index (χ0n) is 15.5. The summed E-state index contributed by atoms with van der Waals surface area (Å²) >= 11 is 0. The monoisotopic (exact) mass is 409 g/mol. The Hall–Kier alpha value is -2.62. The van der Waals surface area contributed by atoms with Gasteiger partial charge in [-0.25, -0.2) is 13.2 Å². The quantitative estimate of drug-likeness (QED) is 0.604. The number of benzene rings is 1. The minimum absolute atomic E-state index is 0.0518. The highest BCUT2D eigenvalue weighted by Gasteiger charge is 2.39. The Morgan fingerprint density at radius 3 is 2.61 bits per heavy atom. The molecule has 0 bridgehead atoms. The molecule has 2 N–H and O–H groups in total. The summed E-state index contributed by atoms with van der Waals surface area (Å²) in [7, 11) is -1.53. The maximum absolute atomic E-state index is 12.5. The summed E-state index contributed by atoms with van der Waals surface area (Å²) in [5, 5.41) is 5.15. The van der Waals surface area contributed by atoms with Crippen molar-refractivity contribution in [2.75, 3.05) is 25.2 Å². The normalized spacial score (nSPS) is 23.5. The van der Waals surface area contributed by atoms with Crippen molar-refractivity contribution in [2.45, 2.75) is 31.3 Å². The average molecular weight is 409 g/mol. The van der Waals surface area contributed by atoms with E-state index in [-0.39, 0.29) is 24.5 Å². The highest BCUT2D eigenvalue weighted by atomic mass is 32.2. The van der Waals surface area contributed by atoms with E-state index in [4.69, 9.17) is 4.74 Å². The van der Waals surface area contributed by atoms with Crippen molar-refractivity contribution in [3.05, 3.63) is 29.8 Å². The van der Waals surface area contributed by atoms with Crippen molar-refractivity contribution in [1.82, 2.24) is 15.5 Å². The van der Waals surface area contributed by atoms with Gasteiger partial charge in [0.1, 0.15) is 11.8 Å². The van der Waals surface area contributed by atoms with Crippen molar-refractivity contribution < 1.29 is 27.5 Å². The Labute approximate surface area is 163 Å². The second-order valence-electron chi connectivity index (χ2n) is 6.96. The van der Waals surface area contributed by atoms with Crippen LogP contribution in [0.25, 0.3) is 0 Å². The van der Waals surface area contributed by atoms with E-state index in [0.717, 1.165) is 16.2 Å². The molecule has 0 aromatic heterocycles. The molecule has 28 heavy (non-hydrogen) atoms. The first-order valence-electron chi connectivity index (χ1n) is 9.02. The van der Waals surface area contributed by atoms with Gasteiger partial charge in [-0.2, -0.15) is 0 Å². The number of methoxy groups -OCH3 is 1. The molecule has 9 nitrogen and oxygen atoms in total. The number of imide groups is 1. The van der Waals surface area contributed by atoms with Crippen LogP contribution in [0, 0.1) is 0 Å². The molecule has 3 rings (SSSR count). The molecule has 2 aliphatic heterocycles. The number of ether oxygens (including phenoxy) is 1. The fraction of sp³-hybridized carbons (Fsp3) is 0.500. The van der Waals surface area contributed by atoms with Crippen LogP contribution in [0.4, 0.5) is 4.79 Å². The van der Waals surface area contributed by atoms with Crippen molar-refractivity contribution in [3.63, 3.8) is 0 Å². The second kappa shape index (κ2) is 8.17. The number of hydrogen-bond acceptors (Lipinski definition) is 6. The van der Waals surface area contributed by atoms with E-state index in [1.807, 2.05) is 12.1 Å². The molecule has 0 unspecified atom stereocenters. The van der Waals surface area contributed by atoms with Gasteiger partial charge in [-0.3, -0.25) is 14.5 Å². The van der Waals surface area contributed by atoms with Gasteiger partial charge in [0, 0.05) is 12.6 Å². The summed E-state index contributed by atoms with van der Waals surface area (Å²) < 4.78 is 28.0. The lowest BCUT2D eigenvalue weighted by molar-refractivity contribution is -0.131. The van der Waals surface area contributed by atoms with Gasteiger partial charge in [-0.05, 0) is 30.5 Å². The van der Waals surface area contributed by atoms with Crippen molar-refractivity contribution >= 4 is 27.7 Å². The number of carbonyl (C=O) groups excluding carboxylic acids is 3. The molecule has 4 amide bonds. The number of amides is 4. The van der Waals surface area contributed by atoms with E-state index in [1.165, 1.54) is 0 Å². The lowest BCUT2D eigenvalue weighted by Crippen LogP contribution is -2.41. The predicted molar refractivity (Wildman–Crippen MR) is 101 cm³/mol. The fourth-order valence-corrected chi connectivity index (χ4v) is 5.01. The van der Waals surface area contributed by atoms with Crippen molar-refractivity contribution in [3.8, 4) is 5.75 Å². The molecule has 152 valence electrons. The molecular formula is C18H23N3O6S. The molecule has 10 heteroatoms. The van der Waals surface area contributed by atoms with Crippen LogP contribution in [0.5, 0.6) is 5.75 Å². The van der Waals surface area contributed by atoms with Gasteiger partial charge < -0.3 is 15.4 Å². The maximum atomic E-state index is 12.5. The van der Waals surface area contributed by atoms with E-state index in [1.54, 1.807) is 19.2 Å². The molecule has 2 saturated heterocycles. The van der Waals surface area contributed by atoms with Crippen LogP contribution in [-0.4, -0.2) is 68.4 Å². The third-order valence-electron chi connectivity index (χ3n) is 4.88. The summed E-state index contributed by atoms with van der Waals surface area (Å²) in [5.74, 6) is -0.209. The van der Waals surface area contributed by atoms with E-state index < -0.39 is 39.8 Å². The van der Waals surface area contributed by atoms with Gasteiger partial charge >= 0.3 is 6.03 Å². The van der Waals surface area contributed by atoms with E-state index in [9.17, 15) is 22.8 Å². The van der Waals surface area contributed by atoms with Crippen LogP contribution in [0.3, 0.4) is 0 Å². The Kier molecular flexibility index (Phi) is 5.87. The van der Waals surface area contributed by atoms with Gasteiger partial charge in [0.25, 0.3) is 5.91 Å². The van der Waals surface area contributed by atoms with Gasteiger partial charge in [0.2, 0.25) is 5.91 Å². The number of nitrogens with one attached hydrogen (secondary N) is 2. The Morgan fingerprint density at radius 1 is 1.29 bits per heavy atom. The zero-order valence-corrected chi connectivity index (χ0v) is 16.3. The van der Waals surface area contributed by atoms with Gasteiger partial charge in [-0.1, -0.05) is 12.1 Å². The van der Waals surface area contributed by atoms with Gasteiger partial charge in [0.15, 0.2) is 9.84 Å². The highest BCUT2D eigenvalue weighted by molar-refractivity contribution is 7.91. The topological polar surface area (TPSA) is 122 Å². The summed E-state index contributed by atoms with van der Waals surface area (Å²) in [5.41, 5.74) is 0.949. The lowest BCUT2D eigenvalue weighted by atomic mass is 10.1. The summed E-state index contributed by atoms with van der Waals surface area (Å²) in [4.78, 5) is 37.8. The summed E-state index contributed by atoms with van der Waals surface area (Å²) in [6.45, 7) is 0.204. The standard InChI is InChI=1S/C18H23N3O6S/c1-27-14-4-2-12(3-5-14)6-8-21-17(23)15(20-18(21)24)10-16(22)19-13-7-9-28(25,26)11-13/h2-5,13,15H,6-11H2,1H3,(H,19,22)(H,20,24)/t13-,15+/m0/s1. The Morgan fingerprint density at radius 2 is 2.00 bits per heavy atom. The average Bonchev–Trinajstić information content (AvgIpc) is 3.12. The third kappa shape index (κ3) is 4.80. The number of urea groups is 1. The molecule has 0 radical (unpaired) electrons. The Bertz CT molecular complexity index is 868. The second-order valence-corrected chi connectivity index (χ2v) is 9.19. The first-order chi connectivity index (χ1) is 13.3. The lowest BCUT2D eigenvalue weighted by Gasteiger charge is -2.14. The number of rotatable bonds is 7. The highest BCUT2D eigenvalue weighted by Crippen LogP contribution is 2.15. The molecule has 2 aliphatic rings. The molecule has 0 aliphatic carbocycles. The van der Waals surface area contributed by atoms with Crippen molar-refractivity contribution in [2.24, 2.45) is 0 Å². The molecule has 2 fully saturated rings. The smallest absolute Gasteiger partial charge is 0.324 e. The number of nitrogens with zero attached hydrogens (tertiary/aromatic N) is 1. The molecule has 0 saturated carbocycles. The van der Waals surface area contributed by atoms with Crippen LogP contribution in [0.1, 0.15) is 18.4 Å². The van der Waals surface area contributed by atoms with Gasteiger partial charge in [0.05, 0.1) is 25.0 Å². The SMILES string of the molecule is COc1ccc(CCN2C(=O)N[C@H](CC(=O)N[C@H]3CCS(=O)(=O)C3)C2=O)cc1. The van der Waals surface area contributed by atoms with Gasteiger partial charge in [-0.15, -0.1) is 0 Å². The molecule has 1 aromatic carbocycles. The molecule has 1 aromatic rings. The fourth-order valence-electron chi connectivity index (χ4n) is 3.34. The molecular weight excluding hydrogens is 386 g/mol. The van der Waals surface area contributed by atoms with E-state index in [0.29, 0.717) is 12.8 Å². The molecule has 2 heterocycles. The summed E-state index contributed by atoms with van der Waals surface area (Å²) in [6, 6.07) is 5.43. The van der Waals surface area contributed by atoms with Crippen LogP contribution in [-0.2, 0) is 25.8 Å². The first kappa shape index (κ1) is 20.1.